The van der Waals surface area contributed by atoms with Crippen molar-refractivity contribution in [3.05, 3.63) is 41.3 Å². The Morgan fingerprint density at radius 1 is 0.970 bits per heavy atom. The van der Waals surface area contributed by atoms with Gasteiger partial charge in [-0.15, -0.1) is 0 Å². The molecule has 33 heavy (non-hydrogen) atoms. The minimum absolute atomic E-state index is 0.0190. The van der Waals surface area contributed by atoms with Gasteiger partial charge in [-0.2, -0.15) is 26.3 Å². The van der Waals surface area contributed by atoms with Crippen molar-refractivity contribution in [2.45, 2.75) is 18.8 Å². The standard InChI is InChI=1S/C19H19F6N5O3/c1-32-15-14(19(23,24)25)8-12(9-26-15)2-7-33-17(31)30-5-3-29(4-6-30)16-27-10-13(11-28-16)18(20,21)22/h8-11H,2-7H2,1H3. The van der Waals surface area contributed by atoms with Crippen LogP contribution in [-0.2, 0) is 23.5 Å². The molecule has 0 aromatic carbocycles. The number of methoxy groups -OCH3 is 1. The summed E-state index contributed by atoms with van der Waals surface area (Å²) in [5, 5.41) is 0. The first kappa shape index (κ1) is 24.3. The number of amides is 1. The van der Waals surface area contributed by atoms with E-state index in [9.17, 15) is 31.1 Å². The highest BCUT2D eigenvalue weighted by Crippen LogP contribution is 2.35. The number of alkyl halides is 6. The van der Waals surface area contributed by atoms with Crippen LogP contribution in [0, 0.1) is 0 Å². The highest BCUT2D eigenvalue weighted by Gasteiger charge is 2.35. The van der Waals surface area contributed by atoms with E-state index in [1.54, 1.807) is 4.90 Å². The molecule has 0 spiro atoms. The van der Waals surface area contributed by atoms with Crippen molar-refractivity contribution >= 4 is 12.0 Å². The van der Waals surface area contributed by atoms with Gasteiger partial charge in [-0.25, -0.2) is 19.7 Å². The molecule has 1 fully saturated rings. The van der Waals surface area contributed by atoms with E-state index < -0.39 is 35.5 Å². The zero-order valence-electron chi connectivity index (χ0n) is 17.3. The number of aromatic nitrogens is 3. The van der Waals surface area contributed by atoms with E-state index in [4.69, 9.17) is 4.74 Å². The summed E-state index contributed by atoms with van der Waals surface area (Å²) in [7, 11) is 1.09. The number of hydrogen-bond donors (Lipinski definition) is 0. The summed E-state index contributed by atoms with van der Waals surface area (Å²) in [5.74, 6) is -0.429. The number of piperazine rings is 1. The van der Waals surface area contributed by atoms with Gasteiger partial charge in [0.05, 0.1) is 19.3 Å². The Kier molecular flexibility index (Phi) is 7.12. The first-order chi connectivity index (χ1) is 15.5. The third-order valence-corrected chi connectivity index (χ3v) is 4.81. The van der Waals surface area contributed by atoms with Gasteiger partial charge in [0.25, 0.3) is 0 Å². The quantitative estimate of drug-likeness (QED) is 0.608. The Balaban J connectivity index is 1.48. The Morgan fingerprint density at radius 3 is 2.15 bits per heavy atom. The molecule has 0 atom stereocenters. The Morgan fingerprint density at radius 2 is 1.61 bits per heavy atom. The third-order valence-electron chi connectivity index (χ3n) is 4.81. The second kappa shape index (κ2) is 9.67. The first-order valence-electron chi connectivity index (χ1n) is 9.65. The number of halogens is 6. The molecule has 2 aromatic heterocycles. The third kappa shape index (κ3) is 6.14. The zero-order valence-corrected chi connectivity index (χ0v) is 17.3. The van der Waals surface area contributed by atoms with Gasteiger partial charge in [-0.1, -0.05) is 0 Å². The van der Waals surface area contributed by atoms with Crippen molar-refractivity contribution in [1.82, 2.24) is 19.9 Å². The molecule has 1 aliphatic rings. The molecule has 14 heteroatoms. The van der Waals surface area contributed by atoms with Crippen LogP contribution >= 0.6 is 0 Å². The van der Waals surface area contributed by atoms with E-state index in [1.165, 1.54) is 11.1 Å². The van der Waals surface area contributed by atoms with Crippen LogP contribution in [0.2, 0.25) is 0 Å². The Hall–Kier alpha value is -3.32. The maximum atomic E-state index is 13.1. The van der Waals surface area contributed by atoms with Crippen LogP contribution in [0.3, 0.4) is 0 Å². The van der Waals surface area contributed by atoms with Gasteiger partial charge in [0.2, 0.25) is 11.8 Å². The zero-order chi connectivity index (χ0) is 24.2. The average molecular weight is 479 g/mol. The number of carbonyl (C=O) groups is 1. The molecule has 0 bridgehead atoms. The van der Waals surface area contributed by atoms with Crippen LogP contribution in [0.1, 0.15) is 16.7 Å². The SMILES string of the molecule is COc1ncc(CCOC(=O)N2CCN(c3ncc(C(F)(F)F)cn3)CC2)cc1C(F)(F)F. The maximum Gasteiger partial charge on any atom is 0.421 e. The van der Waals surface area contributed by atoms with Crippen molar-refractivity contribution in [2.24, 2.45) is 0 Å². The van der Waals surface area contributed by atoms with Crippen LogP contribution in [0.25, 0.3) is 0 Å². The summed E-state index contributed by atoms with van der Waals surface area (Å²) in [6.45, 7) is 0.818. The van der Waals surface area contributed by atoms with Gasteiger partial charge in [-0.05, 0) is 11.6 Å². The molecule has 3 heterocycles. The summed E-state index contributed by atoms with van der Waals surface area (Å²) in [5.41, 5.74) is -1.75. The Labute approximate surface area is 184 Å². The number of nitrogens with zero attached hydrogens (tertiary/aromatic N) is 5. The predicted molar refractivity (Wildman–Crippen MR) is 102 cm³/mol. The van der Waals surface area contributed by atoms with Gasteiger partial charge in [0, 0.05) is 51.2 Å². The second-order valence-corrected chi connectivity index (χ2v) is 7.01. The number of hydrogen-bond acceptors (Lipinski definition) is 7. The minimum Gasteiger partial charge on any atom is -0.481 e. The lowest BCUT2D eigenvalue weighted by Gasteiger charge is -2.34. The molecule has 0 aliphatic carbocycles. The molecule has 2 aromatic rings. The molecule has 0 radical (unpaired) electrons. The van der Waals surface area contributed by atoms with E-state index in [0.29, 0.717) is 12.4 Å². The summed E-state index contributed by atoms with van der Waals surface area (Å²) >= 11 is 0. The number of carbonyl (C=O) groups excluding carboxylic acids is 1. The lowest BCUT2D eigenvalue weighted by Crippen LogP contribution is -2.49. The van der Waals surface area contributed by atoms with Crippen LogP contribution in [0.4, 0.5) is 37.1 Å². The first-order valence-corrected chi connectivity index (χ1v) is 9.65. The van der Waals surface area contributed by atoms with Crippen molar-refractivity contribution < 1.29 is 40.6 Å². The molecular weight excluding hydrogens is 460 g/mol. The topological polar surface area (TPSA) is 80.7 Å². The fourth-order valence-corrected chi connectivity index (χ4v) is 3.07. The van der Waals surface area contributed by atoms with E-state index >= 15 is 0 Å². The highest BCUT2D eigenvalue weighted by molar-refractivity contribution is 5.68. The van der Waals surface area contributed by atoms with Crippen molar-refractivity contribution in [3.8, 4) is 5.88 Å². The fraction of sp³-hybridized carbons (Fsp3) is 0.474. The maximum absolute atomic E-state index is 13.1. The lowest BCUT2D eigenvalue weighted by molar-refractivity contribution is -0.139. The molecule has 0 unspecified atom stereocenters. The van der Waals surface area contributed by atoms with E-state index in [2.05, 4.69) is 19.7 Å². The van der Waals surface area contributed by atoms with Gasteiger partial charge >= 0.3 is 18.4 Å². The van der Waals surface area contributed by atoms with Crippen LogP contribution in [-0.4, -0.2) is 65.8 Å². The molecule has 0 N–H and O–H groups in total. The average Bonchev–Trinajstić information content (AvgIpc) is 2.78. The molecule has 3 rings (SSSR count). The van der Waals surface area contributed by atoms with Crippen molar-refractivity contribution in [2.75, 3.05) is 44.8 Å². The number of pyridine rings is 1. The summed E-state index contributed by atoms with van der Waals surface area (Å²) in [4.78, 5) is 26.3. The Bertz CT molecular complexity index is 960. The molecular formula is C19H19F6N5O3. The van der Waals surface area contributed by atoms with Gasteiger partial charge in [0.15, 0.2) is 0 Å². The van der Waals surface area contributed by atoms with Crippen LogP contribution in [0.5, 0.6) is 5.88 Å². The number of anilines is 1. The van der Waals surface area contributed by atoms with E-state index in [1.807, 2.05) is 0 Å². The molecule has 180 valence electrons. The largest absolute Gasteiger partial charge is 0.481 e. The smallest absolute Gasteiger partial charge is 0.421 e. The molecule has 1 amide bonds. The lowest BCUT2D eigenvalue weighted by atomic mass is 10.1. The molecule has 1 saturated heterocycles. The summed E-state index contributed by atoms with van der Waals surface area (Å²) in [6.07, 6.45) is -7.20. The van der Waals surface area contributed by atoms with Gasteiger partial charge < -0.3 is 19.3 Å². The van der Waals surface area contributed by atoms with E-state index in [-0.39, 0.29) is 50.7 Å². The highest BCUT2D eigenvalue weighted by atomic mass is 19.4. The molecule has 1 aliphatic heterocycles. The number of rotatable bonds is 5. The van der Waals surface area contributed by atoms with Gasteiger partial charge in [-0.3, -0.25) is 0 Å². The minimum atomic E-state index is -4.64. The second-order valence-electron chi connectivity index (χ2n) is 7.01. The molecule has 0 saturated carbocycles. The summed E-state index contributed by atoms with van der Waals surface area (Å²) in [6, 6.07) is 0.891. The van der Waals surface area contributed by atoms with Gasteiger partial charge in [0.1, 0.15) is 5.56 Å². The monoisotopic (exact) mass is 479 g/mol. The van der Waals surface area contributed by atoms with Crippen LogP contribution < -0.4 is 9.64 Å². The normalized spacial score (nSPS) is 14.9. The summed E-state index contributed by atoms with van der Waals surface area (Å²) < 4.78 is 86.8. The van der Waals surface area contributed by atoms with Crippen molar-refractivity contribution in [3.63, 3.8) is 0 Å². The van der Waals surface area contributed by atoms with E-state index in [0.717, 1.165) is 13.2 Å². The number of ether oxygens (including phenoxy) is 2. The fourth-order valence-electron chi connectivity index (χ4n) is 3.07. The van der Waals surface area contributed by atoms with Crippen LogP contribution in [0.15, 0.2) is 24.7 Å². The molecule has 8 nitrogen and oxygen atoms in total. The predicted octanol–water partition coefficient (Wildman–Crippen LogP) is 3.42. The van der Waals surface area contributed by atoms with Crippen molar-refractivity contribution in [1.29, 1.82) is 0 Å².